The van der Waals surface area contributed by atoms with Crippen LogP contribution in [-0.4, -0.2) is 32.3 Å². The van der Waals surface area contributed by atoms with E-state index in [1.165, 1.54) is 6.07 Å². The summed E-state index contributed by atoms with van der Waals surface area (Å²) in [5.41, 5.74) is 6.42. The van der Waals surface area contributed by atoms with E-state index in [1.807, 2.05) is 18.2 Å². The number of carbonyl (C=O) groups is 1. The third-order valence-corrected chi connectivity index (χ3v) is 5.56. The number of nitrogens with one attached hydrogen (secondary N) is 1. The lowest BCUT2D eigenvalue weighted by atomic mass is 9.82. The highest BCUT2D eigenvalue weighted by Gasteiger charge is 2.33. The Morgan fingerprint density at radius 2 is 2.19 bits per heavy atom. The average Bonchev–Trinajstić information content (AvgIpc) is 2.56. The Balaban J connectivity index is 1.77. The fourth-order valence-electron chi connectivity index (χ4n) is 2.91. The van der Waals surface area contributed by atoms with E-state index in [0.29, 0.717) is 17.3 Å². The summed E-state index contributed by atoms with van der Waals surface area (Å²) in [5, 5.41) is 3.49. The molecule has 0 bridgehead atoms. The summed E-state index contributed by atoms with van der Waals surface area (Å²) in [6.07, 6.45) is 11.7. The molecule has 2 aliphatic rings. The monoisotopic (exact) mass is 423 g/mol. The van der Waals surface area contributed by atoms with Gasteiger partial charge in [-0.25, -0.2) is 9.97 Å². The number of nitrogens with zero attached hydrogens (tertiary/aromatic N) is 3. The van der Waals surface area contributed by atoms with Gasteiger partial charge in [-0.2, -0.15) is 0 Å². The SMILES string of the molecule is CC1(C2C=C/C(NC(=O)c3cc(Cl)nc(Cl)n3)=C\C/C=C\2)CCSC(N)=N1. The minimum absolute atomic E-state index is 0.0728. The first-order valence-corrected chi connectivity index (χ1v) is 10.1. The maximum atomic E-state index is 12.5. The Labute approximate surface area is 172 Å². The summed E-state index contributed by atoms with van der Waals surface area (Å²) < 4.78 is 0. The second-order valence-electron chi connectivity index (χ2n) is 6.41. The molecule has 9 heteroatoms. The van der Waals surface area contributed by atoms with E-state index in [-0.39, 0.29) is 27.6 Å². The number of aromatic nitrogens is 2. The Morgan fingerprint density at radius 3 is 2.93 bits per heavy atom. The van der Waals surface area contributed by atoms with E-state index in [0.717, 1.165) is 12.2 Å². The van der Waals surface area contributed by atoms with Gasteiger partial charge in [-0.3, -0.25) is 9.79 Å². The van der Waals surface area contributed by atoms with Gasteiger partial charge < -0.3 is 11.1 Å². The summed E-state index contributed by atoms with van der Waals surface area (Å²) in [6.45, 7) is 2.10. The van der Waals surface area contributed by atoms with E-state index in [9.17, 15) is 4.79 Å². The van der Waals surface area contributed by atoms with Crippen LogP contribution < -0.4 is 11.1 Å². The van der Waals surface area contributed by atoms with Gasteiger partial charge in [0.15, 0.2) is 5.17 Å². The standard InChI is InChI=1S/C18H19Cl2N5OS/c1-18(8-9-27-17(21)25-18)11-4-2-3-5-12(7-6-11)22-15(26)13-10-14(19)24-16(20)23-13/h2,4-7,10-11H,3,8-9H2,1H3,(H2,21,25)(H,22,26)/b4-2-,7-6?,12-5+. The Hall–Kier alpha value is -1.83. The maximum Gasteiger partial charge on any atom is 0.274 e. The van der Waals surface area contributed by atoms with Crippen LogP contribution in [0.3, 0.4) is 0 Å². The van der Waals surface area contributed by atoms with Crippen molar-refractivity contribution in [2.24, 2.45) is 16.6 Å². The topological polar surface area (TPSA) is 93.3 Å². The smallest absolute Gasteiger partial charge is 0.274 e. The van der Waals surface area contributed by atoms with E-state index < -0.39 is 5.91 Å². The van der Waals surface area contributed by atoms with Crippen molar-refractivity contribution in [2.45, 2.75) is 25.3 Å². The fourth-order valence-corrected chi connectivity index (χ4v) is 4.32. The fraction of sp³-hybridized carbons (Fsp3) is 0.333. The van der Waals surface area contributed by atoms with E-state index >= 15 is 0 Å². The van der Waals surface area contributed by atoms with Gasteiger partial charge in [0, 0.05) is 23.4 Å². The number of hydrogen-bond acceptors (Lipinski definition) is 6. The molecule has 142 valence electrons. The second kappa shape index (κ2) is 8.46. The molecular weight excluding hydrogens is 405 g/mol. The van der Waals surface area contributed by atoms with Crippen LogP contribution in [0.5, 0.6) is 0 Å². The van der Waals surface area contributed by atoms with E-state index in [1.54, 1.807) is 11.8 Å². The summed E-state index contributed by atoms with van der Waals surface area (Å²) in [4.78, 5) is 24.8. The van der Waals surface area contributed by atoms with Crippen LogP contribution >= 0.6 is 35.0 Å². The summed E-state index contributed by atoms with van der Waals surface area (Å²) in [5.74, 6) is 0.625. The molecule has 0 saturated carbocycles. The lowest BCUT2D eigenvalue weighted by molar-refractivity contribution is 0.0962. The van der Waals surface area contributed by atoms with Crippen molar-refractivity contribution in [1.82, 2.24) is 15.3 Å². The summed E-state index contributed by atoms with van der Waals surface area (Å²) in [7, 11) is 0. The number of nitrogens with two attached hydrogens (primary N) is 1. The molecule has 2 heterocycles. The lowest BCUT2D eigenvalue weighted by Gasteiger charge is -2.34. The molecule has 0 saturated heterocycles. The molecule has 0 fully saturated rings. The minimum atomic E-state index is -0.402. The van der Waals surface area contributed by atoms with Crippen molar-refractivity contribution in [3.8, 4) is 0 Å². The van der Waals surface area contributed by atoms with Crippen LogP contribution in [0, 0.1) is 5.92 Å². The molecule has 1 amide bonds. The molecule has 2 atom stereocenters. The van der Waals surface area contributed by atoms with Crippen LogP contribution in [0.2, 0.25) is 10.4 Å². The summed E-state index contributed by atoms with van der Waals surface area (Å²) >= 11 is 13.2. The molecule has 3 N–H and O–H groups in total. The average molecular weight is 424 g/mol. The zero-order valence-corrected chi connectivity index (χ0v) is 17.0. The predicted octanol–water partition coefficient (Wildman–Crippen LogP) is 3.74. The molecule has 3 rings (SSSR count). The molecule has 0 radical (unpaired) electrons. The van der Waals surface area contributed by atoms with Crippen LogP contribution in [0.25, 0.3) is 0 Å². The van der Waals surface area contributed by atoms with Gasteiger partial charge in [0.1, 0.15) is 10.8 Å². The molecule has 6 nitrogen and oxygen atoms in total. The Bertz CT molecular complexity index is 847. The van der Waals surface area contributed by atoms with Crippen molar-refractivity contribution in [3.05, 3.63) is 58.3 Å². The number of hydrogen-bond donors (Lipinski definition) is 2. The van der Waals surface area contributed by atoms with E-state index in [2.05, 4.69) is 39.4 Å². The zero-order valence-electron chi connectivity index (χ0n) is 14.7. The number of halogens is 2. The molecule has 27 heavy (non-hydrogen) atoms. The van der Waals surface area contributed by atoms with Gasteiger partial charge in [-0.15, -0.1) is 0 Å². The first-order chi connectivity index (χ1) is 12.9. The first kappa shape index (κ1) is 19.9. The van der Waals surface area contributed by atoms with Gasteiger partial charge in [0.05, 0.1) is 5.54 Å². The second-order valence-corrected chi connectivity index (χ2v) is 8.25. The van der Waals surface area contributed by atoms with Crippen LogP contribution in [0.15, 0.2) is 47.1 Å². The summed E-state index contributed by atoms with van der Waals surface area (Å²) in [6, 6.07) is 1.37. The van der Waals surface area contributed by atoms with Crippen LogP contribution in [-0.2, 0) is 0 Å². The van der Waals surface area contributed by atoms with Crippen LogP contribution in [0.4, 0.5) is 0 Å². The van der Waals surface area contributed by atoms with Gasteiger partial charge >= 0.3 is 0 Å². The van der Waals surface area contributed by atoms with Crippen LogP contribution in [0.1, 0.15) is 30.3 Å². The number of amides is 1. The molecule has 1 aromatic rings. The highest BCUT2D eigenvalue weighted by molar-refractivity contribution is 8.13. The molecule has 0 aromatic carbocycles. The predicted molar refractivity (Wildman–Crippen MR) is 111 cm³/mol. The number of aliphatic imine (C=N–C) groups is 1. The molecule has 0 spiro atoms. The van der Waals surface area contributed by atoms with Gasteiger partial charge in [0.2, 0.25) is 5.28 Å². The van der Waals surface area contributed by atoms with Crippen molar-refractivity contribution < 1.29 is 4.79 Å². The lowest BCUT2D eigenvalue weighted by Crippen LogP contribution is -2.37. The highest BCUT2D eigenvalue weighted by Crippen LogP contribution is 2.34. The molecule has 1 aromatic heterocycles. The number of carbonyl (C=O) groups excluding carboxylic acids is 1. The third-order valence-electron chi connectivity index (χ3n) is 4.40. The van der Waals surface area contributed by atoms with Gasteiger partial charge in [-0.1, -0.05) is 47.7 Å². The molecule has 2 unspecified atom stereocenters. The van der Waals surface area contributed by atoms with Gasteiger partial charge in [-0.05, 0) is 37.4 Å². The number of amidine groups is 1. The maximum absolute atomic E-state index is 12.5. The van der Waals surface area contributed by atoms with Crippen molar-refractivity contribution in [3.63, 3.8) is 0 Å². The Morgan fingerprint density at radius 1 is 1.37 bits per heavy atom. The number of allylic oxidation sites excluding steroid dienone is 3. The largest absolute Gasteiger partial charge is 0.379 e. The third kappa shape index (κ3) is 5.12. The minimum Gasteiger partial charge on any atom is -0.379 e. The van der Waals surface area contributed by atoms with Crippen molar-refractivity contribution in [2.75, 3.05) is 5.75 Å². The van der Waals surface area contributed by atoms with Crippen molar-refractivity contribution >= 4 is 46.0 Å². The number of thioether (sulfide) groups is 1. The zero-order chi connectivity index (χ0) is 19.4. The van der Waals surface area contributed by atoms with Crippen molar-refractivity contribution in [1.29, 1.82) is 0 Å². The quantitative estimate of drug-likeness (QED) is 0.438. The molecule has 1 aliphatic heterocycles. The Kier molecular flexibility index (Phi) is 6.24. The van der Waals surface area contributed by atoms with E-state index in [4.69, 9.17) is 28.9 Å². The normalized spacial score (nSPS) is 28.3. The van der Waals surface area contributed by atoms with Gasteiger partial charge in [0.25, 0.3) is 5.91 Å². The molecular formula is C18H19Cl2N5OS. The first-order valence-electron chi connectivity index (χ1n) is 8.40. The number of rotatable bonds is 3. The highest BCUT2D eigenvalue weighted by atomic mass is 35.5. The molecule has 1 aliphatic carbocycles.